The molecule has 1 aromatic carbocycles. The Kier molecular flexibility index (Phi) is 5.15. The fourth-order valence-corrected chi connectivity index (χ4v) is 2.98. The number of hydrogen-bond acceptors (Lipinski definition) is 6. The van der Waals surface area contributed by atoms with Crippen LogP contribution in [0.1, 0.15) is 39.4 Å². The lowest BCUT2D eigenvalue weighted by atomic mass is 9.93. The van der Waals surface area contributed by atoms with Crippen molar-refractivity contribution in [1.82, 2.24) is 15.0 Å². The molecule has 26 heavy (non-hydrogen) atoms. The average Bonchev–Trinajstić information content (AvgIpc) is 3.03. The van der Waals surface area contributed by atoms with Gasteiger partial charge in [0.15, 0.2) is 5.82 Å². The molecule has 2 N–H and O–H groups in total. The van der Waals surface area contributed by atoms with Crippen LogP contribution in [-0.2, 0) is 11.2 Å². The van der Waals surface area contributed by atoms with Crippen molar-refractivity contribution in [2.45, 2.75) is 45.6 Å². The molecule has 2 aromatic rings. The Morgan fingerprint density at radius 2 is 1.92 bits per heavy atom. The molecule has 7 nitrogen and oxygen atoms in total. The third kappa shape index (κ3) is 4.74. The number of amides is 1. The molecular formula is C19H26N4O3. The van der Waals surface area contributed by atoms with E-state index in [2.05, 4.69) is 10.1 Å². The third-order valence-corrected chi connectivity index (χ3v) is 4.36. The largest absolute Gasteiger partial charge is 0.444 e. The fourth-order valence-electron chi connectivity index (χ4n) is 2.98. The van der Waals surface area contributed by atoms with Crippen molar-refractivity contribution in [3.05, 3.63) is 30.1 Å². The van der Waals surface area contributed by atoms with Crippen LogP contribution in [0.3, 0.4) is 0 Å². The maximum absolute atomic E-state index is 12.1. The molecule has 1 amide bonds. The summed E-state index contributed by atoms with van der Waals surface area (Å²) in [6.45, 7) is 7.04. The number of ether oxygens (including phenoxy) is 1. The summed E-state index contributed by atoms with van der Waals surface area (Å²) in [5.74, 6) is 1.64. The standard InChI is InChI=1S/C19H26N4O3/c1-19(2,3)25-18(24)23-10-8-13(9-11-23)12-16-21-17(26-22-16)14-4-6-15(20)7-5-14/h4-7,13H,8-12,20H2,1-3H3. The Hall–Kier alpha value is -2.57. The summed E-state index contributed by atoms with van der Waals surface area (Å²) in [6.07, 6.45) is 2.33. The topological polar surface area (TPSA) is 94.5 Å². The predicted octanol–water partition coefficient (Wildman–Crippen LogP) is 3.51. The van der Waals surface area contributed by atoms with E-state index >= 15 is 0 Å². The minimum atomic E-state index is -0.461. The Balaban J connectivity index is 1.52. The SMILES string of the molecule is CC(C)(C)OC(=O)N1CCC(Cc2noc(-c3ccc(N)cc3)n2)CC1. The van der Waals surface area contributed by atoms with E-state index in [9.17, 15) is 4.79 Å². The van der Waals surface area contributed by atoms with Crippen LogP contribution in [0, 0.1) is 5.92 Å². The molecule has 0 spiro atoms. The summed E-state index contributed by atoms with van der Waals surface area (Å²) < 4.78 is 10.8. The summed E-state index contributed by atoms with van der Waals surface area (Å²) >= 11 is 0. The molecule has 0 aliphatic carbocycles. The Bertz CT molecular complexity index is 741. The Morgan fingerprint density at radius 3 is 2.54 bits per heavy atom. The smallest absolute Gasteiger partial charge is 0.410 e. The number of anilines is 1. The van der Waals surface area contributed by atoms with Crippen LogP contribution in [0.25, 0.3) is 11.5 Å². The lowest BCUT2D eigenvalue weighted by molar-refractivity contribution is 0.0183. The van der Waals surface area contributed by atoms with Crippen LogP contribution in [0.2, 0.25) is 0 Å². The molecule has 1 aliphatic rings. The summed E-state index contributed by atoms with van der Waals surface area (Å²) in [4.78, 5) is 18.4. The summed E-state index contributed by atoms with van der Waals surface area (Å²) in [6, 6.07) is 7.36. The maximum atomic E-state index is 12.1. The zero-order chi connectivity index (χ0) is 18.7. The van der Waals surface area contributed by atoms with Gasteiger partial charge in [-0.1, -0.05) is 5.16 Å². The van der Waals surface area contributed by atoms with Gasteiger partial charge in [-0.15, -0.1) is 0 Å². The van der Waals surface area contributed by atoms with Crippen LogP contribution < -0.4 is 5.73 Å². The van der Waals surface area contributed by atoms with E-state index in [1.165, 1.54) is 0 Å². The number of nitrogens with zero attached hydrogens (tertiary/aromatic N) is 3. The van der Waals surface area contributed by atoms with E-state index < -0.39 is 5.60 Å². The second-order valence-electron chi connectivity index (χ2n) is 7.75. The highest BCUT2D eigenvalue weighted by Gasteiger charge is 2.27. The minimum absolute atomic E-state index is 0.235. The monoisotopic (exact) mass is 358 g/mol. The maximum Gasteiger partial charge on any atom is 0.410 e. The molecule has 0 atom stereocenters. The number of benzene rings is 1. The molecule has 1 saturated heterocycles. The molecule has 1 aliphatic heterocycles. The summed E-state index contributed by atoms with van der Waals surface area (Å²) in [5.41, 5.74) is 6.79. The molecule has 2 heterocycles. The average molecular weight is 358 g/mol. The quantitative estimate of drug-likeness (QED) is 0.844. The minimum Gasteiger partial charge on any atom is -0.444 e. The first-order chi connectivity index (χ1) is 12.3. The van der Waals surface area contributed by atoms with Crippen LogP contribution in [0.5, 0.6) is 0 Å². The molecule has 0 saturated carbocycles. The van der Waals surface area contributed by atoms with Crippen molar-refractivity contribution in [2.75, 3.05) is 18.8 Å². The van der Waals surface area contributed by atoms with E-state index in [1.807, 2.05) is 45.0 Å². The number of piperidine rings is 1. The van der Waals surface area contributed by atoms with Gasteiger partial charge in [0.05, 0.1) is 0 Å². The molecule has 0 radical (unpaired) electrons. The number of rotatable bonds is 3. The molecule has 1 aromatic heterocycles. The van der Waals surface area contributed by atoms with Crippen molar-refractivity contribution in [1.29, 1.82) is 0 Å². The second-order valence-corrected chi connectivity index (χ2v) is 7.75. The first-order valence-electron chi connectivity index (χ1n) is 8.96. The number of hydrogen-bond donors (Lipinski definition) is 1. The number of aromatic nitrogens is 2. The highest BCUT2D eigenvalue weighted by atomic mass is 16.6. The first kappa shape index (κ1) is 18.2. The van der Waals surface area contributed by atoms with Gasteiger partial charge in [-0.2, -0.15) is 4.98 Å². The van der Waals surface area contributed by atoms with Crippen molar-refractivity contribution in [2.24, 2.45) is 5.92 Å². The van der Waals surface area contributed by atoms with Gasteiger partial charge >= 0.3 is 6.09 Å². The van der Waals surface area contributed by atoms with Crippen molar-refractivity contribution in [3.8, 4) is 11.5 Å². The summed E-state index contributed by atoms with van der Waals surface area (Å²) in [5, 5.41) is 4.09. The lowest BCUT2D eigenvalue weighted by Crippen LogP contribution is -2.42. The first-order valence-corrected chi connectivity index (χ1v) is 8.96. The van der Waals surface area contributed by atoms with Gasteiger partial charge in [0.25, 0.3) is 5.89 Å². The van der Waals surface area contributed by atoms with E-state index in [4.69, 9.17) is 15.0 Å². The highest BCUT2D eigenvalue weighted by molar-refractivity contribution is 5.68. The molecule has 7 heteroatoms. The molecule has 3 rings (SSSR count). The Morgan fingerprint density at radius 1 is 1.27 bits per heavy atom. The van der Waals surface area contributed by atoms with E-state index in [0.29, 0.717) is 36.4 Å². The van der Waals surface area contributed by atoms with Crippen molar-refractivity contribution < 1.29 is 14.1 Å². The fraction of sp³-hybridized carbons (Fsp3) is 0.526. The van der Waals surface area contributed by atoms with Crippen molar-refractivity contribution in [3.63, 3.8) is 0 Å². The molecule has 1 fully saturated rings. The van der Waals surface area contributed by atoms with Gasteiger partial charge < -0.3 is 19.9 Å². The van der Waals surface area contributed by atoms with E-state index in [1.54, 1.807) is 4.90 Å². The number of nitrogens with two attached hydrogens (primary N) is 1. The van der Waals surface area contributed by atoms with Crippen molar-refractivity contribution >= 4 is 11.8 Å². The Labute approximate surface area is 153 Å². The van der Waals surface area contributed by atoms with Gasteiger partial charge in [0, 0.05) is 30.8 Å². The van der Waals surface area contributed by atoms with Gasteiger partial charge in [-0.25, -0.2) is 4.79 Å². The molecule has 140 valence electrons. The number of nitrogen functional groups attached to an aromatic ring is 1. The predicted molar refractivity (Wildman–Crippen MR) is 98.4 cm³/mol. The lowest BCUT2D eigenvalue weighted by Gasteiger charge is -2.33. The van der Waals surface area contributed by atoms with Gasteiger partial charge in [0.2, 0.25) is 0 Å². The second kappa shape index (κ2) is 7.35. The van der Waals surface area contributed by atoms with Crippen LogP contribution in [0.15, 0.2) is 28.8 Å². The normalized spacial score (nSPS) is 15.9. The summed E-state index contributed by atoms with van der Waals surface area (Å²) in [7, 11) is 0. The van der Waals surface area contributed by atoms with Crippen LogP contribution >= 0.6 is 0 Å². The molecule has 0 bridgehead atoms. The molecular weight excluding hydrogens is 332 g/mol. The van der Waals surface area contributed by atoms with Crippen LogP contribution in [0.4, 0.5) is 10.5 Å². The van der Waals surface area contributed by atoms with E-state index in [-0.39, 0.29) is 6.09 Å². The number of likely N-dealkylation sites (tertiary alicyclic amines) is 1. The zero-order valence-corrected chi connectivity index (χ0v) is 15.6. The molecule has 0 unspecified atom stereocenters. The van der Waals surface area contributed by atoms with Gasteiger partial charge in [-0.3, -0.25) is 0 Å². The highest BCUT2D eigenvalue weighted by Crippen LogP contribution is 2.24. The van der Waals surface area contributed by atoms with E-state index in [0.717, 1.165) is 24.8 Å². The van der Waals surface area contributed by atoms with Crippen LogP contribution in [-0.4, -0.2) is 39.8 Å². The number of carbonyl (C=O) groups is 1. The number of carbonyl (C=O) groups excluding carboxylic acids is 1. The zero-order valence-electron chi connectivity index (χ0n) is 15.6. The third-order valence-electron chi connectivity index (χ3n) is 4.36. The van der Waals surface area contributed by atoms with Gasteiger partial charge in [0.1, 0.15) is 5.60 Å². The van der Waals surface area contributed by atoms with Gasteiger partial charge in [-0.05, 0) is 63.8 Å².